The third-order valence-electron chi connectivity index (χ3n) is 4.86. The minimum Gasteiger partial charge on any atom is -0.393 e. The molecule has 1 saturated carbocycles. The van der Waals surface area contributed by atoms with Gasteiger partial charge in [0.2, 0.25) is 0 Å². The van der Waals surface area contributed by atoms with Crippen LogP contribution in [-0.2, 0) is 12.8 Å². The summed E-state index contributed by atoms with van der Waals surface area (Å²) in [6.45, 7) is 4.43. The fourth-order valence-electron chi connectivity index (χ4n) is 3.76. The van der Waals surface area contributed by atoms with Gasteiger partial charge in [-0.05, 0) is 60.6 Å². The first kappa shape index (κ1) is 10.3. The van der Waals surface area contributed by atoms with Gasteiger partial charge in [-0.1, -0.05) is 25.1 Å². The van der Waals surface area contributed by atoms with Crippen LogP contribution in [0.3, 0.4) is 0 Å². The molecule has 0 heterocycles. The van der Waals surface area contributed by atoms with Crippen LogP contribution in [0, 0.1) is 24.7 Å². The molecule has 3 rings (SSSR count). The minimum atomic E-state index is -0.0652. The molecular formula is C15H20O. The van der Waals surface area contributed by atoms with Gasteiger partial charge in [0.15, 0.2) is 0 Å². The highest BCUT2D eigenvalue weighted by Gasteiger charge is 2.42. The van der Waals surface area contributed by atoms with Crippen molar-refractivity contribution >= 4 is 0 Å². The van der Waals surface area contributed by atoms with Crippen LogP contribution < -0.4 is 0 Å². The molecule has 0 bridgehead atoms. The molecule has 1 heteroatoms. The number of fused-ring (bicyclic) bond motifs is 2. The maximum absolute atomic E-state index is 9.98. The molecule has 4 atom stereocenters. The van der Waals surface area contributed by atoms with Crippen molar-refractivity contribution in [2.45, 2.75) is 39.2 Å². The summed E-state index contributed by atoms with van der Waals surface area (Å²) < 4.78 is 0. The van der Waals surface area contributed by atoms with Crippen LogP contribution in [-0.4, -0.2) is 11.2 Å². The second-order valence-corrected chi connectivity index (χ2v) is 5.71. The average molecular weight is 216 g/mol. The highest BCUT2D eigenvalue weighted by atomic mass is 16.3. The van der Waals surface area contributed by atoms with Gasteiger partial charge < -0.3 is 5.11 Å². The summed E-state index contributed by atoms with van der Waals surface area (Å²) in [6, 6.07) is 6.66. The van der Waals surface area contributed by atoms with E-state index >= 15 is 0 Å². The zero-order valence-corrected chi connectivity index (χ0v) is 10.1. The predicted molar refractivity (Wildman–Crippen MR) is 65.4 cm³/mol. The van der Waals surface area contributed by atoms with Crippen LogP contribution in [0.5, 0.6) is 0 Å². The number of hydrogen-bond donors (Lipinski definition) is 1. The minimum absolute atomic E-state index is 0.0652. The summed E-state index contributed by atoms with van der Waals surface area (Å²) in [5.41, 5.74) is 4.53. The van der Waals surface area contributed by atoms with E-state index in [-0.39, 0.29) is 6.10 Å². The van der Waals surface area contributed by atoms with Gasteiger partial charge in [0.1, 0.15) is 0 Å². The van der Waals surface area contributed by atoms with Gasteiger partial charge in [-0.25, -0.2) is 0 Å². The molecular weight excluding hydrogens is 196 g/mol. The summed E-state index contributed by atoms with van der Waals surface area (Å²) in [5, 5.41) is 9.98. The highest BCUT2D eigenvalue weighted by molar-refractivity contribution is 5.37. The quantitative estimate of drug-likeness (QED) is 0.707. The van der Waals surface area contributed by atoms with Crippen molar-refractivity contribution in [1.82, 2.24) is 0 Å². The molecule has 2 aliphatic rings. The number of aryl methyl sites for hydroxylation is 1. The van der Waals surface area contributed by atoms with Crippen LogP contribution in [0.15, 0.2) is 18.2 Å². The van der Waals surface area contributed by atoms with Crippen molar-refractivity contribution in [2.75, 3.05) is 0 Å². The van der Waals surface area contributed by atoms with E-state index in [4.69, 9.17) is 0 Å². The highest BCUT2D eigenvalue weighted by Crippen LogP contribution is 2.45. The zero-order chi connectivity index (χ0) is 11.3. The Balaban J connectivity index is 1.97. The lowest BCUT2D eigenvalue weighted by atomic mass is 9.74. The zero-order valence-electron chi connectivity index (χ0n) is 10.1. The Morgan fingerprint density at radius 1 is 1.25 bits per heavy atom. The maximum atomic E-state index is 9.98. The molecule has 0 spiro atoms. The lowest BCUT2D eigenvalue weighted by molar-refractivity contribution is 0.127. The largest absolute Gasteiger partial charge is 0.393 e. The topological polar surface area (TPSA) is 20.2 Å². The maximum Gasteiger partial charge on any atom is 0.0571 e. The van der Waals surface area contributed by atoms with E-state index in [1.165, 1.54) is 24.0 Å². The van der Waals surface area contributed by atoms with E-state index in [0.29, 0.717) is 11.8 Å². The Kier molecular flexibility index (Phi) is 2.32. The molecule has 1 fully saturated rings. The van der Waals surface area contributed by atoms with E-state index in [9.17, 15) is 5.11 Å². The summed E-state index contributed by atoms with van der Waals surface area (Å²) in [5.74, 6) is 1.92. The van der Waals surface area contributed by atoms with Gasteiger partial charge in [-0.15, -0.1) is 0 Å². The molecule has 2 aliphatic carbocycles. The Bertz CT molecular complexity index is 410. The summed E-state index contributed by atoms with van der Waals surface area (Å²) >= 11 is 0. The van der Waals surface area contributed by atoms with Crippen LogP contribution in [0.25, 0.3) is 0 Å². The van der Waals surface area contributed by atoms with Gasteiger partial charge in [-0.3, -0.25) is 0 Å². The molecule has 0 amide bonds. The van der Waals surface area contributed by atoms with Crippen LogP contribution in [0.2, 0.25) is 0 Å². The normalized spacial score (nSPS) is 36.9. The van der Waals surface area contributed by atoms with Gasteiger partial charge in [-0.2, -0.15) is 0 Å². The van der Waals surface area contributed by atoms with E-state index in [2.05, 4.69) is 32.0 Å². The van der Waals surface area contributed by atoms with Gasteiger partial charge >= 0.3 is 0 Å². The standard InChI is InChI=1S/C15H20O/c1-9-4-3-5-11-6-14-10(2)15(16)8-12(14)7-13(9)11/h3-5,10,12,14-16H,6-8H2,1-2H3/t10-,12+,14-,15-/m1/s1. The van der Waals surface area contributed by atoms with Gasteiger partial charge in [0, 0.05) is 0 Å². The molecule has 0 radical (unpaired) electrons. The number of benzene rings is 1. The number of aliphatic hydroxyl groups excluding tert-OH is 1. The first-order valence-electron chi connectivity index (χ1n) is 6.42. The number of rotatable bonds is 0. The van der Waals surface area contributed by atoms with Crippen molar-refractivity contribution < 1.29 is 5.11 Å². The molecule has 1 nitrogen and oxygen atoms in total. The molecule has 0 aliphatic heterocycles. The number of aliphatic hydroxyl groups is 1. The second-order valence-electron chi connectivity index (χ2n) is 5.71. The van der Waals surface area contributed by atoms with Crippen molar-refractivity contribution in [3.63, 3.8) is 0 Å². The Labute approximate surface area is 97.5 Å². The van der Waals surface area contributed by atoms with Crippen LogP contribution >= 0.6 is 0 Å². The number of hydrogen-bond acceptors (Lipinski definition) is 1. The summed E-state index contributed by atoms with van der Waals surface area (Å²) in [6.07, 6.45) is 3.32. The third-order valence-corrected chi connectivity index (χ3v) is 4.86. The fraction of sp³-hybridized carbons (Fsp3) is 0.600. The Morgan fingerprint density at radius 2 is 2.06 bits per heavy atom. The summed E-state index contributed by atoms with van der Waals surface area (Å²) in [4.78, 5) is 0. The molecule has 1 aromatic rings. The van der Waals surface area contributed by atoms with Crippen LogP contribution in [0.1, 0.15) is 30.0 Å². The van der Waals surface area contributed by atoms with Gasteiger partial charge in [0.05, 0.1) is 6.10 Å². The van der Waals surface area contributed by atoms with Crippen molar-refractivity contribution in [1.29, 1.82) is 0 Å². The van der Waals surface area contributed by atoms with Crippen molar-refractivity contribution in [2.24, 2.45) is 17.8 Å². The first-order valence-corrected chi connectivity index (χ1v) is 6.42. The van der Waals surface area contributed by atoms with Crippen molar-refractivity contribution in [3.05, 3.63) is 34.9 Å². The van der Waals surface area contributed by atoms with E-state index in [1.807, 2.05) is 0 Å². The lowest BCUT2D eigenvalue weighted by Gasteiger charge is -2.30. The molecule has 0 saturated heterocycles. The monoisotopic (exact) mass is 216 g/mol. The average Bonchev–Trinajstić information content (AvgIpc) is 2.54. The molecule has 16 heavy (non-hydrogen) atoms. The molecule has 86 valence electrons. The Morgan fingerprint density at radius 3 is 2.88 bits per heavy atom. The SMILES string of the molecule is Cc1cccc2c1C[C@H]1C[C@@H](O)[C@H](C)[C@H]1C2. The second kappa shape index (κ2) is 3.59. The van der Waals surface area contributed by atoms with E-state index in [1.54, 1.807) is 5.56 Å². The molecule has 0 aromatic heterocycles. The van der Waals surface area contributed by atoms with Gasteiger partial charge in [0.25, 0.3) is 0 Å². The smallest absolute Gasteiger partial charge is 0.0571 e. The first-order chi connectivity index (χ1) is 7.66. The molecule has 0 unspecified atom stereocenters. The molecule has 1 aromatic carbocycles. The third kappa shape index (κ3) is 1.41. The molecule has 1 N–H and O–H groups in total. The van der Waals surface area contributed by atoms with Crippen molar-refractivity contribution in [3.8, 4) is 0 Å². The van der Waals surface area contributed by atoms with E-state index in [0.717, 1.165) is 12.3 Å². The Hall–Kier alpha value is -0.820. The van der Waals surface area contributed by atoms with E-state index < -0.39 is 0 Å². The predicted octanol–water partition coefficient (Wildman–Crippen LogP) is 2.73. The lowest BCUT2D eigenvalue weighted by Crippen LogP contribution is -2.25. The van der Waals surface area contributed by atoms with Crippen LogP contribution in [0.4, 0.5) is 0 Å². The summed E-state index contributed by atoms with van der Waals surface area (Å²) in [7, 11) is 0. The fourth-order valence-corrected chi connectivity index (χ4v) is 3.76.